The number of carbonyl (C=O) groups is 2. The van der Waals surface area contributed by atoms with Crippen molar-refractivity contribution in [1.82, 2.24) is 10.6 Å². The maximum absolute atomic E-state index is 12.3. The highest BCUT2D eigenvalue weighted by Gasteiger charge is 2.32. The first-order valence-corrected chi connectivity index (χ1v) is 7.90. The number of nitrogens with one attached hydrogen (secondary N) is 2. The highest BCUT2D eigenvalue weighted by molar-refractivity contribution is 5.97. The summed E-state index contributed by atoms with van der Waals surface area (Å²) < 4.78 is 15.9. The number of fused-ring (bicyclic) bond motifs is 1. The van der Waals surface area contributed by atoms with Gasteiger partial charge in [0.25, 0.3) is 0 Å². The number of methoxy groups -OCH3 is 1. The SMILES string of the molecule is COCCNC(=O)N[C@H]1CC(=O)N(c2ccc3c(c2)OCCO3)C1. The first kappa shape index (κ1) is 16.4. The van der Waals surface area contributed by atoms with Crippen molar-refractivity contribution in [3.05, 3.63) is 18.2 Å². The molecule has 130 valence electrons. The first-order valence-electron chi connectivity index (χ1n) is 7.90. The van der Waals surface area contributed by atoms with E-state index >= 15 is 0 Å². The van der Waals surface area contributed by atoms with Gasteiger partial charge in [0.2, 0.25) is 5.91 Å². The fourth-order valence-corrected chi connectivity index (χ4v) is 2.76. The van der Waals surface area contributed by atoms with Gasteiger partial charge in [0.15, 0.2) is 11.5 Å². The van der Waals surface area contributed by atoms with Gasteiger partial charge in [-0.2, -0.15) is 0 Å². The number of nitrogens with zero attached hydrogens (tertiary/aromatic N) is 1. The van der Waals surface area contributed by atoms with Crippen LogP contribution < -0.4 is 25.0 Å². The fourth-order valence-electron chi connectivity index (χ4n) is 2.76. The molecule has 0 unspecified atom stereocenters. The molecule has 2 heterocycles. The van der Waals surface area contributed by atoms with E-state index < -0.39 is 0 Å². The lowest BCUT2D eigenvalue weighted by atomic mass is 10.2. The molecule has 0 radical (unpaired) electrons. The highest BCUT2D eigenvalue weighted by Crippen LogP contribution is 2.35. The second kappa shape index (κ2) is 7.39. The van der Waals surface area contributed by atoms with E-state index in [2.05, 4.69) is 10.6 Å². The number of benzene rings is 1. The third kappa shape index (κ3) is 3.70. The fraction of sp³-hybridized carbons (Fsp3) is 0.500. The summed E-state index contributed by atoms with van der Waals surface area (Å²) >= 11 is 0. The van der Waals surface area contributed by atoms with Gasteiger partial charge in [0, 0.05) is 38.4 Å². The topological polar surface area (TPSA) is 89.1 Å². The minimum Gasteiger partial charge on any atom is -0.486 e. The van der Waals surface area contributed by atoms with Crippen molar-refractivity contribution in [3.63, 3.8) is 0 Å². The maximum Gasteiger partial charge on any atom is 0.315 e. The summed E-state index contributed by atoms with van der Waals surface area (Å²) in [6.45, 7) is 2.32. The Morgan fingerprint density at radius 1 is 1.33 bits per heavy atom. The van der Waals surface area contributed by atoms with Crippen LogP contribution in [0.15, 0.2) is 18.2 Å². The van der Waals surface area contributed by atoms with Crippen molar-refractivity contribution in [3.8, 4) is 11.5 Å². The van der Waals surface area contributed by atoms with Gasteiger partial charge in [-0.3, -0.25) is 4.79 Å². The van der Waals surface area contributed by atoms with E-state index in [1.807, 2.05) is 6.07 Å². The van der Waals surface area contributed by atoms with Gasteiger partial charge in [0.1, 0.15) is 13.2 Å². The Hall–Kier alpha value is -2.48. The molecule has 2 aliphatic rings. The molecule has 3 amide bonds. The Kier molecular flexibility index (Phi) is 5.05. The molecular weight excluding hydrogens is 314 g/mol. The average molecular weight is 335 g/mol. The van der Waals surface area contributed by atoms with E-state index in [-0.39, 0.29) is 24.4 Å². The van der Waals surface area contributed by atoms with Crippen LogP contribution in [-0.4, -0.2) is 58.0 Å². The van der Waals surface area contributed by atoms with Crippen molar-refractivity contribution in [2.75, 3.05) is 44.9 Å². The van der Waals surface area contributed by atoms with Crippen LogP contribution in [0.5, 0.6) is 11.5 Å². The van der Waals surface area contributed by atoms with Gasteiger partial charge in [-0.15, -0.1) is 0 Å². The zero-order chi connectivity index (χ0) is 16.9. The molecule has 1 saturated heterocycles. The van der Waals surface area contributed by atoms with Crippen LogP contribution in [0.3, 0.4) is 0 Å². The summed E-state index contributed by atoms with van der Waals surface area (Å²) in [7, 11) is 1.57. The quantitative estimate of drug-likeness (QED) is 0.766. The van der Waals surface area contributed by atoms with E-state index in [0.29, 0.717) is 44.4 Å². The first-order chi connectivity index (χ1) is 11.7. The summed E-state index contributed by atoms with van der Waals surface area (Å²) in [5.41, 5.74) is 0.744. The predicted octanol–water partition coefficient (Wildman–Crippen LogP) is 0.509. The molecule has 2 N–H and O–H groups in total. The van der Waals surface area contributed by atoms with E-state index in [1.165, 1.54) is 0 Å². The molecule has 3 rings (SSSR count). The van der Waals surface area contributed by atoms with Gasteiger partial charge in [-0.25, -0.2) is 4.79 Å². The van der Waals surface area contributed by atoms with Crippen LogP contribution in [0.25, 0.3) is 0 Å². The van der Waals surface area contributed by atoms with Crippen molar-refractivity contribution in [1.29, 1.82) is 0 Å². The predicted molar refractivity (Wildman–Crippen MR) is 86.6 cm³/mol. The zero-order valence-electron chi connectivity index (χ0n) is 13.5. The van der Waals surface area contributed by atoms with Gasteiger partial charge >= 0.3 is 6.03 Å². The lowest BCUT2D eigenvalue weighted by molar-refractivity contribution is -0.117. The molecule has 1 aromatic carbocycles. The molecule has 0 spiro atoms. The van der Waals surface area contributed by atoms with Crippen LogP contribution >= 0.6 is 0 Å². The molecular formula is C16H21N3O5. The second-order valence-electron chi connectivity index (χ2n) is 5.63. The van der Waals surface area contributed by atoms with Crippen LogP contribution in [0, 0.1) is 0 Å². The minimum absolute atomic E-state index is 0.0335. The van der Waals surface area contributed by atoms with Crippen LogP contribution in [-0.2, 0) is 9.53 Å². The molecule has 0 aliphatic carbocycles. The van der Waals surface area contributed by atoms with Crippen molar-refractivity contribution < 1.29 is 23.8 Å². The Morgan fingerprint density at radius 2 is 2.12 bits per heavy atom. The molecule has 24 heavy (non-hydrogen) atoms. The zero-order valence-corrected chi connectivity index (χ0v) is 13.5. The monoisotopic (exact) mass is 335 g/mol. The Labute approximate surface area is 140 Å². The number of urea groups is 1. The van der Waals surface area contributed by atoms with Gasteiger partial charge in [-0.05, 0) is 12.1 Å². The van der Waals surface area contributed by atoms with Crippen molar-refractivity contribution >= 4 is 17.6 Å². The highest BCUT2D eigenvalue weighted by atomic mass is 16.6. The van der Waals surface area contributed by atoms with Crippen LogP contribution in [0.4, 0.5) is 10.5 Å². The number of hydrogen-bond donors (Lipinski definition) is 2. The number of amides is 3. The summed E-state index contributed by atoms with van der Waals surface area (Å²) in [4.78, 5) is 25.7. The normalized spacial score (nSPS) is 19.3. The number of rotatable bonds is 5. The lowest BCUT2D eigenvalue weighted by Crippen LogP contribution is -2.44. The average Bonchev–Trinajstić information content (AvgIpc) is 2.95. The summed E-state index contributed by atoms with van der Waals surface area (Å²) in [5, 5.41) is 5.49. The molecule has 1 aromatic rings. The third-order valence-electron chi connectivity index (χ3n) is 3.89. The standard InChI is InChI=1S/C16H21N3O5/c1-22-5-4-17-16(21)18-11-8-15(20)19(10-11)12-2-3-13-14(9-12)24-7-6-23-13/h2-3,9,11H,4-8,10H2,1H3,(H2,17,18,21)/t11-/m0/s1. The molecule has 2 aliphatic heterocycles. The third-order valence-corrected chi connectivity index (χ3v) is 3.89. The molecule has 1 fully saturated rings. The molecule has 0 bridgehead atoms. The minimum atomic E-state index is -0.297. The number of ether oxygens (including phenoxy) is 3. The molecule has 1 atom stereocenters. The molecule has 0 saturated carbocycles. The van der Waals surface area contributed by atoms with Crippen LogP contribution in [0.2, 0.25) is 0 Å². The second-order valence-corrected chi connectivity index (χ2v) is 5.63. The van der Waals surface area contributed by atoms with Crippen molar-refractivity contribution in [2.24, 2.45) is 0 Å². The Balaban J connectivity index is 1.59. The molecule has 8 nitrogen and oxygen atoms in total. The number of hydrogen-bond acceptors (Lipinski definition) is 5. The van der Waals surface area contributed by atoms with Gasteiger partial charge < -0.3 is 29.7 Å². The lowest BCUT2D eigenvalue weighted by Gasteiger charge is -2.22. The Bertz CT molecular complexity index is 622. The largest absolute Gasteiger partial charge is 0.486 e. The maximum atomic E-state index is 12.3. The van der Waals surface area contributed by atoms with Crippen LogP contribution in [0.1, 0.15) is 6.42 Å². The van der Waals surface area contributed by atoms with Gasteiger partial charge in [-0.1, -0.05) is 0 Å². The van der Waals surface area contributed by atoms with E-state index in [1.54, 1.807) is 24.1 Å². The summed E-state index contributed by atoms with van der Waals surface area (Å²) in [6.07, 6.45) is 0.270. The Morgan fingerprint density at radius 3 is 2.92 bits per heavy atom. The molecule has 0 aromatic heterocycles. The van der Waals surface area contributed by atoms with Crippen molar-refractivity contribution in [2.45, 2.75) is 12.5 Å². The van der Waals surface area contributed by atoms with Gasteiger partial charge in [0.05, 0.1) is 12.6 Å². The smallest absolute Gasteiger partial charge is 0.315 e. The number of anilines is 1. The van der Waals surface area contributed by atoms with E-state index in [9.17, 15) is 9.59 Å². The summed E-state index contributed by atoms with van der Waals surface area (Å²) in [6, 6.07) is 4.90. The molecule has 8 heteroatoms. The summed E-state index contributed by atoms with van der Waals surface area (Å²) in [5.74, 6) is 1.29. The van der Waals surface area contributed by atoms with E-state index in [4.69, 9.17) is 14.2 Å². The van der Waals surface area contributed by atoms with E-state index in [0.717, 1.165) is 5.69 Å². The number of carbonyl (C=O) groups excluding carboxylic acids is 2.